The van der Waals surface area contributed by atoms with Crippen LogP contribution < -0.4 is 4.90 Å². The van der Waals surface area contributed by atoms with Gasteiger partial charge in [-0.3, -0.25) is 14.7 Å². The number of rotatable bonds is 4. The number of thiazole rings is 1. The second-order valence-electron chi connectivity index (χ2n) is 5.99. The minimum Gasteiger partial charge on any atom is -0.279 e. The molecule has 0 bridgehead atoms. The third-order valence-electron chi connectivity index (χ3n) is 4.04. The van der Waals surface area contributed by atoms with Gasteiger partial charge in [0.15, 0.2) is 5.13 Å². The minimum atomic E-state index is -0.353. The first-order valence-electron chi connectivity index (χ1n) is 8.23. The molecule has 0 atom stereocenters. The van der Waals surface area contributed by atoms with Crippen LogP contribution in [-0.2, 0) is 6.54 Å². The Bertz CT molecular complexity index is 1170. The Morgan fingerprint density at radius 1 is 1.14 bits per heavy atom. The van der Waals surface area contributed by atoms with Crippen LogP contribution in [0.5, 0.6) is 0 Å². The maximum Gasteiger partial charge on any atom is 0.261 e. The van der Waals surface area contributed by atoms with E-state index in [9.17, 15) is 9.18 Å². The number of carbonyl (C=O) groups excluding carboxylic acids is 1. The van der Waals surface area contributed by atoms with Gasteiger partial charge in [0.2, 0.25) is 0 Å². The average Bonchev–Trinajstić information content (AvgIpc) is 3.09. The summed E-state index contributed by atoms with van der Waals surface area (Å²) in [5.74, 6) is -0.682. The highest BCUT2D eigenvalue weighted by Gasteiger charge is 2.24. The summed E-state index contributed by atoms with van der Waals surface area (Å²) in [7, 11) is 0. The lowest BCUT2D eigenvalue weighted by Crippen LogP contribution is -2.30. The Morgan fingerprint density at radius 2 is 2.00 bits per heavy atom. The highest BCUT2D eigenvalue weighted by atomic mass is 35.5. The van der Waals surface area contributed by atoms with E-state index in [-0.39, 0.29) is 23.3 Å². The molecular weight excluding hydrogens is 420 g/mol. The van der Waals surface area contributed by atoms with E-state index in [1.807, 2.05) is 6.07 Å². The van der Waals surface area contributed by atoms with Crippen molar-refractivity contribution in [2.45, 2.75) is 6.54 Å². The number of carbonyl (C=O) groups is 1. The molecule has 0 spiro atoms. The van der Waals surface area contributed by atoms with Crippen LogP contribution in [0.25, 0.3) is 10.2 Å². The second kappa shape index (κ2) is 7.83. The molecule has 0 N–H and O–H groups in total. The molecule has 0 unspecified atom stereocenters. The largest absolute Gasteiger partial charge is 0.279 e. The van der Waals surface area contributed by atoms with Crippen LogP contribution in [0.2, 0.25) is 10.0 Å². The SMILES string of the molecule is O=C(c1ccc(Cl)cc1Cl)N(Cc1cccnc1)c1nc2ccc(F)cc2s1. The number of hydrogen-bond acceptors (Lipinski definition) is 4. The molecule has 140 valence electrons. The zero-order chi connectivity index (χ0) is 19.7. The fourth-order valence-corrected chi connectivity index (χ4v) is 4.19. The van der Waals surface area contributed by atoms with Gasteiger partial charge in [0.05, 0.1) is 27.3 Å². The van der Waals surface area contributed by atoms with Gasteiger partial charge < -0.3 is 0 Å². The number of aromatic nitrogens is 2. The highest BCUT2D eigenvalue weighted by Crippen LogP contribution is 2.32. The number of nitrogens with zero attached hydrogens (tertiary/aromatic N) is 3. The molecule has 2 aromatic carbocycles. The molecule has 4 aromatic rings. The molecule has 0 radical (unpaired) electrons. The van der Waals surface area contributed by atoms with Crippen LogP contribution >= 0.6 is 34.5 Å². The Labute approximate surface area is 174 Å². The molecule has 8 heteroatoms. The summed E-state index contributed by atoms with van der Waals surface area (Å²) in [6.45, 7) is 0.244. The zero-order valence-electron chi connectivity index (χ0n) is 14.3. The summed E-state index contributed by atoms with van der Waals surface area (Å²) in [6, 6.07) is 12.7. The van der Waals surface area contributed by atoms with Gasteiger partial charge in [0.1, 0.15) is 5.82 Å². The summed E-state index contributed by atoms with van der Waals surface area (Å²) in [5.41, 5.74) is 1.75. The normalized spacial score (nSPS) is 11.0. The summed E-state index contributed by atoms with van der Waals surface area (Å²) in [5, 5.41) is 1.14. The topological polar surface area (TPSA) is 46.1 Å². The van der Waals surface area contributed by atoms with Crippen molar-refractivity contribution >= 4 is 55.8 Å². The predicted octanol–water partition coefficient (Wildman–Crippen LogP) is 5.98. The minimum absolute atomic E-state index is 0.244. The van der Waals surface area contributed by atoms with Gasteiger partial charge in [0.25, 0.3) is 5.91 Å². The van der Waals surface area contributed by atoms with Gasteiger partial charge in [-0.25, -0.2) is 9.37 Å². The maximum absolute atomic E-state index is 13.6. The number of halogens is 3. The van der Waals surface area contributed by atoms with E-state index in [4.69, 9.17) is 23.2 Å². The average molecular weight is 432 g/mol. The lowest BCUT2D eigenvalue weighted by atomic mass is 10.2. The van der Waals surface area contributed by atoms with Crippen molar-refractivity contribution < 1.29 is 9.18 Å². The quantitative estimate of drug-likeness (QED) is 0.398. The van der Waals surface area contributed by atoms with E-state index in [1.165, 1.54) is 34.4 Å². The number of hydrogen-bond donors (Lipinski definition) is 0. The van der Waals surface area contributed by atoms with Gasteiger partial charge in [-0.05, 0) is 48.0 Å². The summed E-state index contributed by atoms with van der Waals surface area (Å²) >= 11 is 13.4. The van der Waals surface area contributed by atoms with Crippen molar-refractivity contribution in [1.29, 1.82) is 0 Å². The number of benzene rings is 2. The van der Waals surface area contributed by atoms with Crippen LogP contribution in [0, 0.1) is 5.82 Å². The van der Waals surface area contributed by atoms with Gasteiger partial charge in [-0.1, -0.05) is 40.6 Å². The van der Waals surface area contributed by atoms with E-state index in [1.54, 1.807) is 36.7 Å². The van der Waals surface area contributed by atoms with E-state index in [0.29, 0.717) is 25.9 Å². The Morgan fingerprint density at radius 3 is 2.75 bits per heavy atom. The monoisotopic (exact) mass is 431 g/mol. The number of pyridine rings is 1. The molecule has 0 aliphatic carbocycles. The highest BCUT2D eigenvalue weighted by molar-refractivity contribution is 7.22. The molecule has 4 rings (SSSR count). The van der Waals surface area contributed by atoms with Gasteiger partial charge >= 0.3 is 0 Å². The van der Waals surface area contributed by atoms with E-state index in [2.05, 4.69) is 9.97 Å². The summed E-state index contributed by atoms with van der Waals surface area (Å²) < 4.78 is 14.2. The number of amides is 1. The molecule has 0 fully saturated rings. The lowest BCUT2D eigenvalue weighted by Gasteiger charge is -2.20. The third kappa shape index (κ3) is 3.85. The van der Waals surface area contributed by atoms with E-state index >= 15 is 0 Å². The van der Waals surface area contributed by atoms with Gasteiger partial charge in [0, 0.05) is 17.4 Å². The van der Waals surface area contributed by atoms with Crippen LogP contribution in [0.15, 0.2) is 60.9 Å². The van der Waals surface area contributed by atoms with Crippen LogP contribution in [0.4, 0.5) is 9.52 Å². The first-order valence-corrected chi connectivity index (χ1v) is 9.80. The second-order valence-corrected chi connectivity index (χ2v) is 7.84. The number of fused-ring (bicyclic) bond motifs is 1. The van der Waals surface area contributed by atoms with Crippen molar-refractivity contribution in [2.24, 2.45) is 0 Å². The smallest absolute Gasteiger partial charge is 0.261 e. The van der Waals surface area contributed by atoms with Crippen molar-refractivity contribution in [3.8, 4) is 0 Å². The Hall–Kier alpha value is -2.54. The molecule has 0 saturated heterocycles. The molecule has 1 amide bonds. The van der Waals surface area contributed by atoms with Crippen molar-refractivity contribution in [3.63, 3.8) is 0 Å². The molecule has 2 aromatic heterocycles. The number of anilines is 1. The zero-order valence-corrected chi connectivity index (χ0v) is 16.6. The lowest BCUT2D eigenvalue weighted by molar-refractivity contribution is 0.0985. The van der Waals surface area contributed by atoms with Gasteiger partial charge in [-0.2, -0.15) is 0 Å². The third-order valence-corrected chi connectivity index (χ3v) is 5.63. The fourth-order valence-electron chi connectivity index (χ4n) is 2.71. The molecular formula is C20H12Cl2FN3OS. The Balaban J connectivity index is 1.79. The maximum atomic E-state index is 13.6. The van der Waals surface area contributed by atoms with Crippen LogP contribution in [0.1, 0.15) is 15.9 Å². The molecule has 28 heavy (non-hydrogen) atoms. The molecule has 0 saturated carbocycles. The van der Waals surface area contributed by atoms with Crippen molar-refractivity contribution in [1.82, 2.24) is 9.97 Å². The summed E-state index contributed by atoms with van der Waals surface area (Å²) in [4.78, 5) is 23.4. The molecule has 4 nitrogen and oxygen atoms in total. The van der Waals surface area contributed by atoms with E-state index < -0.39 is 0 Å². The van der Waals surface area contributed by atoms with Crippen LogP contribution in [-0.4, -0.2) is 15.9 Å². The molecule has 2 heterocycles. The molecule has 0 aliphatic heterocycles. The Kier molecular flexibility index (Phi) is 5.26. The predicted molar refractivity (Wildman–Crippen MR) is 111 cm³/mol. The standard InChI is InChI=1S/C20H12Cl2FN3OS/c21-13-3-5-15(16(22)8-13)19(27)26(11-12-2-1-7-24-10-12)20-25-17-6-4-14(23)9-18(17)28-20/h1-10H,11H2. The fraction of sp³-hybridized carbons (Fsp3) is 0.0500. The van der Waals surface area contributed by atoms with E-state index in [0.717, 1.165) is 5.56 Å². The first kappa shape index (κ1) is 18.8. The first-order chi connectivity index (χ1) is 13.5. The summed E-state index contributed by atoms with van der Waals surface area (Å²) in [6.07, 6.45) is 3.34. The van der Waals surface area contributed by atoms with Crippen molar-refractivity contribution in [3.05, 3.63) is 87.9 Å². The van der Waals surface area contributed by atoms with Gasteiger partial charge in [-0.15, -0.1) is 0 Å². The van der Waals surface area contributed by atoms with Crippen molar-refractivity contribution in [2.75, 3.05) is 4.90 Å². The van der Waals surface area contributed by atoms with Crippen LogP contribution in [0.3, 0.4) is 0 Å². The molecule has 0 aliphatic rings.